The predicted molar refractivity (Wildman–Crippen MR) is 124 cm³/mol. The van der Waals surface area contributed by atoms with Crippen molar-refractivity contribution < 1.29 is 9.53 Å². The zero-order valence-corrected chi connectivity index (χ0v) is 19.9. The number of ether oxygens (including phenoxy) is 1. The van der Waals surface area contributed by atoms with Crippen LogP contribution in [0.3, 0.4) is 0 Å². The minimum Gasteiger partial charge on any atom is -0.463 e. The highest BCUT2D eigenvalue weighted by molar-refractivity contribution is 5.69. The molecule has 0 fully saturated rings. The van der Waals surface area contributed by atoms with E-state index in [0.29, 0.717) is 6.42 Å². The Bertz CT molecular complexity index is 324. The minimum atomic E-state index is 0.0105. The topological polar surface area (TPSA) is 26.3 Å². The average Bonchev–Trinajstić information content (AvgIpc) is 2.65. The Labute approximate surface area is 177 Å². The van der Waals surface area contributed by atoms with Gasteiger partial charge in [0.15, 0.2) is 0 Å². The summed E-state index contributed by atoms with van der Waals surface area (Å²) in [6.07, 6.45) is 24.2. The number of hydrogen-bond acceptors (Lipinski definition) is 2. The van der Waals surface area contributed by atoms with Crippen molar-refractivity contribution in [1.29, 1.82) is 0 Å². The Morgan fingerprint density at radius 3 is 1.54 bits per heavy atom. The van der Waals surface area contributed by atoms with Gasteiger partial charge in [-0.05, 0) is 32.1 Å². The lowest BCUT2D eigenvalue weighted by Crippen LogP contribution is -2.14. The summed E-state index contributed by atoms with van der Waals surface area (Å²) in [6, 6.07) is 0. The smallest absolute Gasteiger partial charge is 0.306 e. The molecule has 0 aliphatic heterocycles. The Morgan fingerprint density at radius 2 is 1.04 bits per heavy atom. The van der Waals surface area contributed by atoms with E-state index in [2.05, 4.69) is 20.8 Å². The molecule has 0 unspecified atom stereocenters. The molecule has 0 spiro atoms. The summed E-state index contributed by atoms with van der Waals surface area (Å²) in [5, 5.41) is 0. The van der Waals surface area contributed by atoms with Crippen LogP contribution in [0.5, 0.6) is 0 Å². The summed E-state index contributed by atoms with van der Waals surface area (Å²) in [5.74, 6) is 0.880. The first-order chi connectivity index (χ1) is 13.6. The van der Waals surface area contributed by atoms with Crippen LogP contribution in [0.1, 0.15) is 150 Å². The summed E-state index contributed by atoms with van der Waals surface area (Å²) >= 11 is 0. The lowest BCUT2D eigenvalue weighted by molar-refractivity contribution is -0.148. The van der Waals surface area contributed by atoms with Crippen LogP contribution >= 0.6 is 0 Å². The van der Waals surface area contributed by atoms with E-state index in [0.717, 1.165) is 18.8 Å². The fraction of sp³-hybridized carbons (Fsp3) is 0.962. The third-order valence-corrected chi connectivity index (χ3v) is 5.71. The molecule has 0 aliphatic rings. The molecule has 0 aromatic heterocycles. The van der Waals surface area contributed by atoms with Crippen LogP contribution in [0, 0.1) is 5.92 Å². The van der Waals surface area contributed by atoms with Gasteiger partial charge in [0.25, 0.3) is 0 Å². The molecule has 2 heteroatoms. The van der Waals surface area contributed by atoms with Gasteiger partial charge in [-0.15, -0.1) is 0 Å². The Kier molecular flexibility index (Phi) is 20.8. The van der Waals surface area contributed by atoms with E-state index < -0.39 is 0 Å². The second-order valence-corrected chi connectivity index (χ2v) is 9.32. The zero-order valence-electron chi connectivity index (χ0n) is 19.9. The third-order valence-electron chi connectivity index (χ3n) is 5.71. The van der Waals surface area contributed by atoms with Crippen molar-refractivity contribution >= 4 is 5.97 Å². The molecular weight excluding hydrogens is 344 g/mol. The lowest BCUT2D eigenvalue weighted by Gasteiger charge is -2.13. The normalized spacial score (nSPS) is 12.5. The molecule has 0 radical (unpaired) electrons. The highest BCUT2D eigenvalue weighted by Gasteiger charge is 2.08. The highest BCUT2D eigenvalue weighted by Crippen LogP contribution is 2.15. The van der Waals surface area contributed by atoms with Crippen LogP contribution in [0.25, 0.3) is 0 Å². The Hall–Kier alpha value is -0.530. The maximum atomic E-state index is 11.9. The third kappa shape index (κ3) is 21.8. The van der Waals surface area contributed by atoms with Gasteiger partial charge in [0.05, 0.1) is 6.10 Å². The number of unbranched alkanes of at least 4 members (excludes halogenated alkanes) is 14. The van der Waals surface area contributed by atoms with E-state index in [1.165, 1.54) is 103 Å². The van der Waals surface area contributed by atoms with E-state index in [1.807, 2.05) is 6.92 Å². The van der Waals surface area contributed by atoms with E-state index >= 15 is 0 Å². The predicted octanol–water partition coefficient (Wildman–Crippen LogP) is 9.01. The van der Waals surface area contributed by atoms with Gasteiger partial charge in [-0.3, -0.25) is 4.79 Å². The van der Waals surface area contributed by atoms with Gasteiger partial charge < -0.3 is 4.74 Å². The van der Waals surface area contributed by atoms with Crippen LogP contribution in [0.4, 0.5) is 0 Å². The summed E-state index contributed by atoms with van der Waals surface area (Å²) < 4.78 is 5.51. The first-order valence-electron chi connectivity index (χ1n) is 12.8. The van der Waals surface area contributed by atoms with Gasteiger partial charge >= 0.3 is 5.97 Å². The fourth-order valence-electron chi connectivity index (χ4n) is 3.79. The second kappa shape index (κ2) is 21.2. The molecule has 2 nitrogen and oxygen atoms in total. The zero-order chi connectivity index (χ0) is 20.9. The van der Waals surface area contributed by atoms with Gasteiger partial charge in [-0.1, -0.05) is 117 Å². The SMILES string of the molecule is CCCCCC[C@H](C)OC(=O)CCCCCCCCCCCCCCC(C)C. The maximum absolute atomic E-state index is 11.9. The number of carbonyl (C=O) groups is 1. The summed E-state index contributed by atoms with van der Waals surface area (Å²) in [4.78, 5) is 11.9. The monoisotopic (exact) mass is 396 g/mol. The quantitative estimate of drug-likeness (QED) is 0.143. The molecule has 0 bridgehead atoms. The van der Waals surface area contributed by atoms with Gasteiger partial charge in [0.2, 0.25) is 0 Å². The van der Waals surface area contributed by atoms with Gasteiger partial charge in [0.1, 0.15) is 0 Å². The van der Waals surface area contributed by atoms with Crippen molar-refractivity contribution in [1.82, 2.24) is 0 Å². The lowest BCUT2D eigenvalue weighted by atomic mass is 10.0. The number of rotatable bonds is 21. The first kappa shape index (κ1) is 27.5. The van der Waals surface area contributed by atoms with Gasteiger partial charge in [0, 0.05) is 6.42 Å². The molecule has 0 heterocycles. The number of hydrogen-bond donors (Lipinski definition) is 0. The molecule has 0 aromatic rings. The van der Waals surface area contributed by atoms with Crippen molar-refractivity contribution in [3.05, 3.63) is 0 Å². The van der Waals surface area contributed by atoms with E-state index in [1.54, 1.807) is 0 Å². The van der Waals surface area contributed by atoms with Crippen LogP contribution in [0.2, 0.25) is 0 Å². The van der Waals surface area contributed by atoms with Gasteiger partial charge in [-0.25, -0.2) is 0 Å². The van der Waals surface area contributed by atoms with Crippen molar-refractivity contribution in [3.63, 3.8) is 0 Å². The highest BCUT2D eigenvalue weighted by atomic mass is 16.5. The Balaban J connectivity index is 3.24. The molecule has 0 rings (SSSR count). The number of carbonyl (C=O) groups excluding carboxylic acids is 1. The molecule has 0 N–H and O–H groups in total. The van der Waals surface area contributed by atoms with Crippen LogP contribution in [-0.4, -0.2) is 12.1 Å². The van der Waals surface area contributed by atoms with Crippen molar-refractivity contribution in [2.75, 3.05) is 0 Å². The van der Waals surface area contributed by atoms with Gasteiger partial charge in [-0.2, -0.15) is 0 Å². The van der Waals surface area contributed by atoms with E-state index in [-0.39, 0.29) is 12.1 Å². The molecule has 0 saturated carbocycles. The van der Waals surface area contributed by atoms with E-state index in [4.69, 9.17) is 4.74 Å². The molecule has 0 aliphatic carbocycles. The van der Waals surface area contributed by atoms with Crippen molar-refractivity contribution in [2.24, 2.45) is 5.92 Å². The standard InChI is InChI=1S/C26H52O2/c1-5-6-7-19-22-25(4)28-26(27)23-20-17-15-13-11-9-8-10-12-14-16-18-21-24(2)3/h24-25H,5-23H2,1-4H3/t25-/m0/s1. The number of esters is 1. The van der Waals surface area contributed by atoms with Crippen LogP contribution < -0.4 is 0 Å². The summed E-state index contributed by atoms with van der Waals surface area (Å²) in [7, 11) is 0. The summed E-state index contributed by atoms with van der Waals surface area (Å²) in [6.45, 7) is 8.90. The molecule has 168 valence electrons. The largest absolute Gasteiger partial charge is 0.463 e. The molecule has 1 atom stereocenters. The van der Waals surface area contributed by atoms with Crippen LogP contribution in [0.15, 0.2) is 0 Å². The average molecular weight is 397 g/mol. The Morgan fingerprint density at radius 1 is 0.607 bits per heavy atom. The molecule has 0 amide bonds. The van der Waals surface area contributed by atoms with E-state index in [9.17, 15) is 4.79 Å². The molecule has 0 saturated heterocycles. The second-order valence-electron chi connectivity index (χ2n) is 9.32. The van der Waals surface area contributed by atoms with Crippen LogP contribution in [-0.2, 0) is 9.53 Å². The molecule has 0 aromatic carbocycles. The minimum absolute atomic E-state index is 0.0105. The molecular formula is C26H52O2. The van der Waals surface area contributed by atoms with Crippen molar-refractivity contribution in [2.45, 2.75) is 156 Å². The van der Waals surface area contributed by atoms with Crippen molar-refractivity contribution in [3.8, 4) is 0 Å². The summed E-state index contributed by atoms with van der Waals surface area (Å²) in [5.41, 5.74) is 0. The molecule has 28 heavy (non-hydrogen) atoms. The maximum Gasteiger partial charge on any atom is 0.306 e. The first-order valence-corrected chi connectivity index (χ1v) is 12.8. The fourth-order valence-corrected chi connectivity index (χ4v) is 3.79.